The minimum atomic E-state index is -3.06. The fourth-order valence-corrected chi connectivity index (χ4v) is 2.67. The van der Waals surface area contributed by atoms with Gasteiger partial charge in [0.1, 0.15) is 6.10 Å². The van der Waals surface area contributed by atoms with Crippen molar-refractivity contribution in [3.05, 3.63) is 0 Å². The lowest BCUT2D eigenvalue weighted by molar-refractivity contribution is -0.131. The molecule has 1 fully saturated rings. The van der Waals surface area contributed by atoms with Gasteiger partial charge in [0.15, 0.2) is 15.6 Å². The fraction of sp³-hybridized carbons (Fsp3) is 0.875. The number of sulfone groups is 1. The molecule has 13 heavy (non-hydrogen) atoms. The molecule has 0 spiro atoms. The molecule has 1 rings (SSSR count). The van der Waals surface area contributed by atoms with E-state index in [1.54, 1.807) is 13.8 Å². The van der Waals surface area contributed by atoms with E-state index in [-0.39, 0.29) is 29.8 Å². The molecule has 0 unspecified atom stereocenters. The lowest BCUT2D eigenvalue weighted by atomic mass is 10.2. The Morgan fingerprint density at radius 1 is 1.46 bits per heavy atom. The largest absolute Gasteiger partial charge is 0.367 e. The molecule has 0 aromatic rings. The first kappa shape index (κ1) is 10.7. The Morgan fingerprint density at radius 2 is 2.08 bits per heavy atom. The summed E-state index contributed by atoms with van der Waals surface area (Å²) in [5, 5.41) is 0. The number of rotatable bonds is 2. The molecule has 0 amide bonds. The normalized spacial score (nSPS) is 27.9. The highest BCUT2D eigenvalue weighted by Crippen LogP contribution is 2.13. The van der Waals surface area contributed by atoms with Crippen molar-refractivity contribution in [1.29, 1.82) is 0 Å². The van der Waals surface area contributed by atoms with Crippen LogP contribution in [-0.4, -0.2) is 37.9 Å². The Kier molecular flexibility index (Phi) is 3.08. The molecule has 1 heterocycles. The zero-order valence-corrected chi connectivity index (χ0v) is 8.63. The molecular formula is C8H14O4S. The van der Waals surface area contributed by atoms with E-state index in [4.69, 9.17) is 4.74 Å². The van der Waals surface area contributed by atoms with Crippen molar-refractivity contribution in [2.75, 3.05) is 11.5 Å². The Bertz CT molecular complexity index is 291. The average Bonchev–Trinajstić information content (AvgIpc) is 1.95. The van der Waals surface area contributed by atoms with Crippen LogP contribution in [-0.2, 0) is 19.4 Å². The van der Waals surface area contributed by atoms with Crippen LogP contribution in [0.3, 0.4) is 0 Å². The first-order valence-electron chi connectivity index (χ1n) is 4.29. The molecule has 0 aromatic heterocycles. The monoisotopic (exact) mass is 206 g/mol. The predicted molar refractivity (Wildman–Crippen MR) is 48.3 cm³/mol. The van der Waals surface area contributed by atoms with Crippen LogP contribution in [0.15, 0.2) is 0 Å². The van der Waals surface area contributed by atoms with Crippen LogP contribution in [0, 0.1) is 0 Å². The molecular weight excluding hydrogens is 192 g/mol. The van der Waals surface area contributed by atoms with Crippen molar-refractivity contribution in [3.63, 3.8) is 0 Å². The van der Waals surface area contributed by atoms with Crippen molar-refractivity contribution in [1.82, 2.24) is 0 Å². The van der Waals surface area contributed by atoms with Gasteiger partial charge in [-0.15, -0.1) is 0 Å². The van der Waals surface area contributed by atoms with Gasteiger partial charge in [0, 0.05) is 6.42 Å². The maximum absolute atomic E-state index is 11.2. The third-order valence-corrected chi connectivity index (χ3v) is 3.50. The van der Waals surface area contributed by atoms with E-state index < -0.39 is 15.9 Å². The lowest BCUT2D eigenvalue weighted by Crippen LogP contribution is -2.40. The Labute approximate surface area is 78.2 Å². The van der Waals surface area contributed by atoms with Gasteiger partial charge >= 0.3 is 0 Å². The Hall–Kier alpha value is -0.420. The highest BCUT2D eigenvalue weighted by atomic mass is 32.2. The summed E-state index contributed by atoms with van der Waals surface area (Å²) in [4.78, 5) is 11.2. The van der Waals surface area contributed by atoms with Gasteiger partial charge in [-0.2, -0.15) is 0 Å². The topological polar surface area (TPSA) is 60.4 Å². The molecule has 0 aromatic carbocycles. The molecule has 0 radical (unpaired) electrons. The highest BCUT2D eigenvalue weighted by Gasteiger charge is 2.32. The number of carbonyl (C=O) groups excluding carboxylic acids is 1. The first-order chi connectivity index (χ1) is 5.91. The van der Waals surface area contributed by atoms with E-state index in [9.17, 15) is 13.2 Å². The van der Waals surface area contributed by atoms with Crippen molar-refractivity contribution in [2.45, 2.75) is 32.5 Å². The predicted octanol–water partition coefficient (Wildman–Crippen LogP) is 0.168. The van der Waals surface area contributed by atoms with E-state index in [1.807, 2.05) is 0 Å². The average molecular weight is 206 g/mol. The van der Waals surface area contributed by atoms with Gasteiger partial charge in [-0.3, -0.25) is 4.79 Å². The van der Waals surface area contributed by atoms with E-state index in [0.717, 1.165) is 0 Å². The van der Waals surface area contributed by atoms with Gasteiger partial charge in [-0.25, -0.2) is 8.42 Å². The molecule has 1 atom stereocenters. The molecule has 4 nitrogen and oxygen atoms in total. The zero-order chi connectivity index (χ0) is 10.1. The molecule has 0 aliphatic carbocycles. The summed E-state index contributed by atoms with van der Waals surface area (Å²) < 4.78 is 27.5. The summed E-state index contributed by atoms with van der Waals surface area (Å²) >= 11 is 0. The second kappa shape index (κ2) is 3.75. The van der Waals surface area contributed by atoms with E-state index in [1.165, 1.54) is 0 Å². The van der Waals surface area contributed by atoms with Crippen LogP contribution in [0.5, 0.6) is 0 Å². The highest BCUT2D eigenvalue weighted by molar-refractivity contribution is 7.91. The standard InChI is InChI=1S/C8H14O4S/c1-6(2)12-8-5-13(10,11)4-3-7(8)9/h6,8H,3-5H2,1-2H3/t8-/m1/s1. The number of ketones is 1. The maximum atomic E-state index is 11.2. The van der Waals surface area contributed by atoms with Gasteiger partial charge in [0.2, 0.25) is 0 Å². The molecule has 0 saturated carbocycles. The SMILES string of the molecule is CC(C)O[C@@H]1CS(=O)(=O)CCC1=O. The minimum Gasteiger partial charge on any atom is -0.367 e. The second-order valence-electron chi connectivity index (χ2n) is 3.50. The zero-order valence-electron chi connectivity index (χ0n) is 7.82. The fourth-order valence-electron chi connectivity index (χ4n) is 1.27. The maximum Gasteiger partial charge on any atom is 0.163 e. The summed E-state index contributed by atoms with van der Waals surface area (Å²) in [5.41, 5.74) is 0. The summed E-state index contributed by atoms with van der Waals surface area (Å²) in [7, 11) is -3.06. The minimum absolute atomic E-state index is 0.0240. The van der Waals surface area contributed by atoms with Crippen LogP contribution >= 0.6 is 0 Å². The summed E-state index contributed by atoms with van der Waals surface area (Å²) in [6.07, 6.45) is -0.749. The van der Waals surface area contributed by atoms with Crippen LogP contribution < -0.4 is 0 Å². The van der Waals surface area contributed by atoms with Crippen LogP contribution in [0.4, 0.5) is 0 Å². The number of carbonyl (C=O) groups is 1. The van der Waals surface area contributed by atoms with Gasteiger partial charge < -0.3 is 4.74 Å². The van der Waals surface area contributed by atoms with Crippen molar-refractivity contribution >= 4 is 15.6 Å². The molecule has 0 bridgehead atoms. The quantitative estimate of drug-likeness (QED) is 0.646. The number of Topliss-reactive ketones (excluding diaryl/α,β-unsaturated/α-hetero) is 1. The Balaban J connectivity index is 2.66. The second-order valence-corrected chi connectivity index (χ2v) is 5.73. The molecule has 1 aliphatic heterocycles. The van der Waals surface area contributed by atoms with Gasteiger partial charge in [0.05, 0.1) is 17.6 Å². The van der Waals surface area contributed by atoms with E-state index in [2.05, 4.69) is 0 Å². The Morgan fingerprint density at radius 3 is 2.62 bits per heavy atom. The number of hydrogen-bond donors (Lipinski definition) is 0. The third kappa shape index (κ3) is 3.08. The van der Waals surface area contributed by atoms with E-state index >= 15 is 0 Å². The number of ether oxygens (including phenoxy) is 1. The third-order valence-electron chi connectivity index (χ3n) is 1.86. The number of hydrogen-bond acceptors (Lipinski definition) is 4. The summed E-state index contributed by atoms with van der Waals surface area (Å²) in [5.74, 6) is -0.267. The summed E-state index contributed by atoms with van der Waals surface area (Å²) in [6.45, 7) is 3.57. The van der Waals surface area contributed by atoms with Crippen molar-refractivity contribution < 1.29 is 17.9 Å². The van der Waals surface area contributed by atoms with Crippen LogP contribution in [0.2, 0.25) is 0 Å². The van der Waals surface area contributed by atoms with Gasteiger partial charge in [0.25, 0.3) is 0 Å². The lowest BCUT2D eigenvalue weighted by Gasteiger charge is -2.22. The summed E-state index contributed by atoms with van der Waals surface area (Å²) in [6, 6.07) is 0. The van der Waals surface area contributed by atoms with Crippen LogP contribution in [0.25, 0.3) is 0 Å². The molecule has 0 N–H and O–H groups in total. The van der Waals surface area contributed by atoms with Gasteiger partial charge in [-0.1, -0.05) is 0 Å². The van der Waals surface area contributed by atoms with Crippen molar-refractivity contribution in [3.8, 4) is 0 Å². The van der Waals surface area contributed by atoms with Gasteiger partial charge in [-0.05, 0) is 13.8 Å². The smallest absolute Gasteiger partial charge is 0.163 e. The first-order valence-corrected chi connectivity index (χ1v) is 6.11. The molecule has 76 valence electrons. The van der Waals surface area contributed by atoms with E-state index in [0.29, 0.717) is 0 Å². The van der Waals surface area contributed by atoms with Crippen LogP contribution in [0.1, 0.15) is 20.3 Å². The molecule has 1 saturated heterocycles. The van der Waals surface area contributed by atoms with Crippen molar-refractivity contribution in [2.24, 2.45) is 0 Å². The molecule has 1 aliphatic rings. The molecule has 5 heteroatoms.